The molecule has 0 saturated heterocycles. The second kappa shape index (κ2) is 3.60. The maximum Gasteiger partial charge on any atom is 0.0451 e. The molecule has 1 aromatic heterocycles. The molecule has 78 valence electrons. The van der Waals surface area contributed by atoms with Gasteiger partial charge >= 0.3 is 0 Å². The zero-order valence-electron chi connectivity index (χ0n) is 9.27. The molecule has 1 aliphatic carbocycles. The van der Waals surface area contributed by atoms with Crippen molar-refractivity contribution in [3.05, 3.63) is 71.1 Å². The van der Waals surface area contributed by atoms with Gasteiger partial charge in [-0.25, -0.2) is 0 Å². The molecule has 2 aromatic rings. The molecule has 0 N–H and O–H groups in total. The predicted octanol–water partition coefficient (Wildman–Crippen LogP) is 3.38. The molecule has 1 aliphatic rings. The minimum atomic E-state index is 1.04. The molecule has 0 radical (unpaired) electrons. The fourth-order valence-electron chi connectivity index (χ4n) is 2.31. The Morgan fingerprint density at radius 1 is 1.00 bits per heavy atom. The normalized spacial score (nSPS) is 13.4. The average Bonchev–Trinajstić information content (AvgIpc) is 2.74. The van der Waals surface area contributed by atoms with Crippen LogP contribution in [0.3, 0.4) is 0 Å². The van der Waals surface area contributed by atoms with Crippen LogP contribution in [0, 0.1) is 6.92 Å². The van der Waals surface area contributed by atoms with Crippen molar-refractivity contribution in [3.63, 3.8) is 0 Å². The summed E-state index contributed by atoms with van der Waals surface area (Å²) in [5.41, 5.74) is 6.47. The Balaban J connectivity index is 2.15. The van der Waals surface area contributed by atoms with Crippen LogP contribution in [-0.4, -0.2) is 4.98 Å². The van der Waals surface area contributed by atoms with Gasteiger partial charge in [-0.3, -0.25) is 4.98 Å². The lowest BCUT2D eigenvalue weighted by Crippen LogP contribution is -1.92. The van der Waals surface area contributed by atoms with E-state index in [2.05, 4.69) is 48.3 Å². The first-order valence-electron chi connectivity index (χ1n) is 5.56. The van der Waals surface area contributed by atoms with Gasteiger partial charge in [-0.2, -0.15) is 0 Å². The van der Waals surface area contributed by atoms with E-state index in [-0.39, 0.29) is 0 Å². The molecule has 1 nitrogen and oxygen atoms in total. The number of fused-ring (bicyclic) bond motifs is 1. The first kappa shape index (κ1) is 9.34. The number of hydrogen-bond donors (Lipinski definition) is 0. The van der Waals surface area contributed by atoms with Gasteiger partial charge in [-0.05, 0) is 36.1 Å². The second-order valence-corrected chi connectivity index (χ2v) is 4.12. The van der Waals surface area contributed by atoms with Crippen molar-refractivity contribution in [2.75, 3.05) is 0 Å². The molecular weight excluding hydrogens is 194 g/mol. The summed E-state index contributed by atoms with van der Waals surface area (Å²) >= 11 is 0. The highest BCUT2D eigenvalue weighted by atomic mass is 14.7. The number of aryl methyl sites for hydroxylation is 1. The van der Waals surface area contributed by atoms with Crippen molar-refractivity contribution < 1.29 is 0 Å². The topological polar surface area (TPSA) is 12.9 Å². The number of benzene rings is 1. The van der Waals surface area contributed by atoms with Crippen LogP contribution in [-0.2, 0) is 6.42 Å². The van der Waals surface area contributed by atoms with Gasteiger partial charge in [0, 0.05) is 17.5 Å². The molecule has 0 spiro atoms. The number of pyridine rings is 1. The molecule has 1 aromatic carbocycles. The summed E-state index contributed by atoms with van der Waals surface area (Å²) in [6.07, 6.45) is 5.19. The lowest BCUT2D eigenvalue weighted by Gasteiger charge is -2.07. The first-order chi connectivity index (χ1) is 7.86. The Morgan fingerprint density at radius 3 is 2.69 bits per heavy atom. The highest BCUT2D eigenvalue weighted by Crippen LogP contribution is 2.33. The fourth-order valence-corrected chi connectivity index (χ4v) is 2.31. The Morgan fingerprint density at radius 2 is 1.81 bits per heavy atom. The maximum atomic E-state index is 4.36. The summed E-state index contributed by atoms with van der Waals surface area (Å²) in [5, 5.41) is 0. The summed E-state index contributed by atoms with van der Waals surface area (Å²) in [5.74, 6) is 0. The predicted molar refractivity (Wildman–Crippen MR) is 66.2 cm³/mol. The smallest absolute Gasteiger partial charge is 0.0451 e. The van der Waals surface area contributed by atoms with Crippen LogP contribution in [0.4, 0.5) is 0 Å². The van der Waals surface area contributed by atoms with Crippen molar-refractivity contribution in [1.82, 2.24) is 4.98 Å². The van der Waals surface area contributed by atoms with Gasteiger partial charge < -0.3 is 0 Å². The third-order valence-electron chi connectivity index (χ3n) is 3.13. The largest absolute Gasteiger partial charge is 0.261 e. The van der Waals surface area contributed by atoms with Gasteiger partial charge in [-0.15, -0.1) is 0 Å². The summed E-state index contributed by atoms with van der Waals surface area (Å²) < 4.78 is 0. The quantitative estimate of drug-likeness (QED) is 0.698. The van der Waals surface area contributed by atoms with Crippen molar-refractivity contribution >= 4 is 5.57 Å². The average molecular weight is 207 g/mol. The minimum Gasteiger partial charge on any atom is -0.261 e. The standard InChI is InChI=1S/C15H13N/c1-11-13(7-4-10-16-11)15-9-8-12-5-2-3-6-14(12)15/h2-7,9-10H,8H2,1H3. The summed E-state index contributed by atoms with van der Waals surface area (Å²) in [6.45, 7) is 2.07. The zero-order valence-corrected chi connectivity index (χ0v) is 9.27. The Kier molecular flexibility index (Phi) is 2.10. The van der Waals surface area contributed by atoms with E-state index in [0.717, 1.165) is 12.1 Å². The molecule has 16 heavy (non-hydrogen) atoms. The van der Waals surface area contributed by atoms with Crippen LogP contribution < -0.4 is 0 Å². The molecule has 0 fully saturated rings. The number of allylic oxidation sites excluding steroid dienone is 1. The first-order valence-corrected chi connectivity index (χ1v) is 5.56. The van der Waals surface area contributed by atoms with Crippen molar-refractivity contribution in [1.29, 1.82) is 0 Å². The number of hydrogen-bond acceptors (Lipinski definition) is 1. The highest BCUT2D eigenvalue weighted by molar-refractivity contribution is 5.85. The van der Waals surface area contributed by atoms with Gasteiger partial charge in [0.25, 0.3) is 0 Å². The molecule has 0 atom stereocenters. The monoisotopic (exact) mass is 207 g/mol. The number of aromatic nitrogens is 1. The van der Waals surface area contributed by atoms with Crippen LogP contribution in [0.1, 0.15) is 22.4 Å². The van der Waals surface area contributed by atoms with Crippen LogP contribution in [0.2, 0.25) is 0 Å². The summed E-state index contributed by atoms with van der Waals surface area (Å²) in [6, 6.07) is 12.8. The Hall–Kier alpha value is -1.89. The van der Waals surface area contributed by atoms with E-state index in [1.165, 1.54) is 22.3 Å². The van der Waals surface area contributed by atoms with E-state index < -0.39 is 0 Å². The third-order valence-corrected chi connectivity index (χ3v) is 3.13. The van der Waals surface area contributed by atoms with Crippen LogP contribution >= 0.6 is 0 Å². The number of rotatable bonds is 1. The zero-order chi connectivity index (χ0) is 11.0. The van der Waals surface area contributed by atoms with Gasteiger partial charge in [0.1, 0.15) is 0 Å². The molecule has 1 heteroatoms. The summed E-state index contributed by atoms with van der Waals surface area (Å²) in [7, 11) is 0. The highest BCUT2D eigenvalue weighted by Gasteiger charge is 2.15. The van der Waals surface area contributed by atoms with Gasteiger partial charge in [0.15, 0.2) is 0 Å². The molecule has 3 rings (SSSR count). The molecule has 0 unspecified atom stereocenters. The molecule has 0 amide bonds. The van der Waals surface area contributed by atoms with Crippen molar-refractivity contribution in [3.8, 4) is 0 Å². The minimum absolute atomic E-state index is 1.04. The number of nitrogens with zero attached hydrogens (tertiary/aromatic N) is 1. The van der Waals surface area contributed by atoms with Crippen molar-refractivity contribution in [2.24, 2.45) is 0 Å². The molecule has 0 saturated carbocycles. The molecule has 0 bridgehead atoms. The van der Waals surface area contributed by atoms with E-state index in [9.17, 15) is 0 Å². The molecule has 1 heterocycles. The molecular formula is C15H13N. The third kappa shape index (κ3) is 1.36. The summed E-state index contributed by atoms with van der Waals surface area (Å²) in [4.78, 5) is 4.36. The SMILES string of the molecule is Cc1ncccc1C1=CCc2ccccc21. The lowest BCUT2D eigenvalue weighted by atomic mass is 9.98. The van der Waals surface area contributed by atoms with E-state index in [4.69, 9.17) is 0 Å². The van der Waals surface area contributed by atoms with Gasteiger partial charge in [0.05, 0.1) is 0 Å². The fraction of sp³-hybridized carbons (Fsp3) is 0.133. The Labute approximate surface area is 95.5 Å². The van der Waals surface area contributed by atoms with Crippen LogP contribution in [0.5, 0.6) is 0 Å². The second-order valence-electron chi connectivity index (χ2n) is 4.12. The Bertz CT molecular complexity index is 567. The van der Waals surface area contributed by atoms with Gasteiger partial charge in [-0.1, -0.05) is 36.4 Å². The maximum absolute atomic E-state index is 4.36. The van der Waals surface area contributed by atoms with Gasteiger partial charge in [0.2, 0.25) is 0 Å². The van der Waals surface area contributed by atoms with E-state index >= 15 is 0 Å². The molecule has 0 aliphatic heterocycles. The van der Waals surface area contributed by atoms with Crippen molar-refractivity contribution in [2.45, 2.75) is 13.3 Å². The van der Waals surface area contributed by atoms with E-state index in [1.54, 1.807) is 0 Å². The van der Waals surface area contributed by atoms with Crippen LogP contribution in [0.25, 0.3) is 5.57 Å². The van der Waals surface area contributed by atoms with E-state index in [1.807, 2.05) is 12.3 Å². The van der Waals surface area contributed by atoms with Crippen LogP contribution in [0.15, 0.2) is 48.7 Å². The van der Waals surface area contributed by atoms with E-state index in [0.29, 0.717) is 0 Å². The lowest BCUT2D eigenvalue weighted by molar-refractivity contribution is 1.18.